The highest BCUT2D eigenvalue weighted by atomic mass is 31.2. The van der Waals surface area contributed by atoms with Gasteiger partial charge in [-0.05, 0) is 0 Å². The number of aliphatic hydroxyl groups is 2. The maximum Gasteiger partial charge on any atom is 0.418 e. The molecule has 6 atom stereocenters. The summed E-state index contributed by atoms with van der Waals surface area (Å²) in [6.45, 7) is -0.636. The molecule has 154 valence electrons. The number of nitrogen functional groups attached to an aromatic ring is 1. The third-order valence-electron chi connectivity index (χ3n) is 4.11. The van der Waals surface area contributed by atoms with Crippen molar-refractivity contribution >= 4 is 30.5 Å². The summed E-state index contributed by atoms with van der Waals surface area (Å²) in [5.74, 6) is -1.18. The number of aliphatic carboxylic acids is 1. The molecule has 0 bridgehead atoms. The van der Waals surface area contributed by atoms with Crippen molar-refractivity contribution in [1.82, 2.24) is 19.5 Å². The molecule has 2 unspecified atom stereocenters. The van der Waals surface area contributed by atoms with Gasteiger partial charge in [0, 0.05) is 0 Å². The summed E-state index contributed by atoms with van der Waals surface area (Å²) in [6.07, 6.45) is -2.90. The molecule has 0 amide bonds. The number of carboxylic acid groups (broad SMARTS) is 1. The minimum atomic E-state index is -4.71. The van der Waals surface area contributed by atoms with Gasteiger partial charge >= 0.3 is 13.6 Å². The molecule has 3 rings (SSSR count). The minimum Gasteiger partial charge on any atom is -0.479 e. The molecule has 0 spiro atoms. The van der Waals surface area contributed by atoms with Crippen molar-refractivity contribution in [3.63, 3.8) is 0 Å². The Bertz CT molecular complexity index is 924. The van der Waals surface area contributed by atoms with Crippen LogP contribution < -0.4 is 11.6 Å². The summed E-state index contributed by atoms with van der Waals surface area (Å²) in [5, 5.41) is 29.5. The highest BCUT2D eigenvalue weighted by Crippen LogP contribution is 2.46. The first-order valence-electron chi connectivity index (χ1n) is 7.72. The molecule has 2 aromatic heterocycles. The Morgan fingerprint density at radius 3 is 2.75 bits per heavy atom. The van der Waals surface area contributed by atoms with E-state index in [-0.39, 0.29) is 17.0 Å². The lowest BCUT2D eigenvalue weighted by molar-refractivity contribution is -0.640. The maximum absolute atomic E-state index is 11.7. The largest absolute Gasteiger partial charge is 0.479 e. The Morgan fingerprint density at radius 1 is 1.39 bits per heavy atom. The van der Waals surface area contributed by atoms with E-state index in [9.17, 15) is 24.5 Å². The first-order valence-corrected chi connectivity index (χ1v) is 9.37. The SMILES string of the molecule is Nc1ncnc2c1ncn2[C@@H]1O[C@H](COC(C(=O)O)P(=O)(O)O[NH3+])[C@@H](O)[C@H]1O. The third kappa shape index (κ3) is 3.57. The predicted molar refractivity (Wildman–Crippen MR) is 86.8 cm³/mol. The van der Waals surface area contributed by atoms with Crippen molar-refractivity contribution in [3.8, 4) is 0 Å². The number of hydrogen-bond acceptors (Lipinski definition) is 11. The molecule has 0 aromatic carbocycles. The van der Waals surface area contributed by atoms with Crippen LogP contribution in [0.2, 0.25) is 0 Å². The minimum absolute atomic E-state index is 0.104. The van der Waals surface area contributed by atoms with Crippen LogP contribution in [-0.2, 0) is 23.5 Å². The standard InChI is InChI=1S/C12H17N6O9P/c13-8-5-9(16-2-15-8)18(3-17-5)10-7(20)6(19)4(26-10)1-25-12(11(21)22)28(23,24)27-14/h2-4,6-7,10,12,19-20H,1H2,14H3,(H3-,13,15,16,21,22,23,24)/p+1/t4-,6-,7-,10-,12?/m1/s1. The van der Waals surface area contributed by atoms with Gasteiger partial charge in [-0.1, -0.05) is 0 Å². The molecular weight excluding hydrogens is 403 g/mol. The van der Waals surface area contributed by atoms with Crippen molar-refractivity contribution < 1.29 is 49.6 Å². The normalized spacial score (nSPS) is 28.3. The first-order chi connectivity index (χ1) is 13.2. The molecule has 0 radical (unpaired) electrons. The quantitative estimate of drug-likeness (QED) is 0.191. The Kier molecular flexibility index (Phi) is 5.60. The Balaban J connectivity index is 1.78. The van der Waals surface area contributed by atoms with E-state index < -0.39 is 50.6 Å². The molecule has 15 nitrogen and oxygen atoms in total. The smallest absolute Gasteiger partial charge is 0.418 e. The second kappa shape index (κ2) is 7.65. The molecule has 9 N–H and O–H groups in total. The Labute approximate surface area is 156 Å². The number of rotatable bonds is 7. The zero-order valence-electron chi connectivity index (χ0n) is 14.1. The number of nitrogens with zero attached hydrogens (tertiary/aromatic N) is 4. The monoisotopic (exact) mass is 421 g/mol. The van der Waals surface area contributed by atoms with Gasteiger partial charge < -0.3 is 35.4 Å². The molecule has 1 fully saturated rings. The van der Waals surface area contributed by atoms with E-state index in [0.717, 1.165) is 0 Å². The molecule has 1 aliphatic rings. The van der Waals surface area contributed by atoms with Gasteiger partial charge in [-0.25, -0.2) is 25.6 Å². The van der Waals surface area contributed by atoms with Crippen LogP contribution in [0, 0.1) is 0 Å². The number of imidazole rings is 1. The number of fused-ring (bicyclic) bond motifs is 1. The number of hydrogen-bond donors (Lipinski definition) is 6. The lowest BCUT2D eigenvalue weighted by Gasteiger charge is -2.19. The topological polar surface area (TPSA) is 240 Å². The molecule has 0 saturated carbocycles. The summed E-state index contributed by atoms with van der Waals surface area (Å²) in [5.41, 5.74) is 6.19. The number of ether oxygens (including phenoxy) is 2. The highest BCUT2D eigenvalue weighted by Gasteiger charge is 2.47. The van der Waals surface area contributed by atoms with Crippen LogP contribution in [0.15, 0.2) is 12.7 Å². The average molecular weight is 421 g/mol. The van der Waals surface area contributed by atoms with E-state index in [1.807, 2.05) is 0 Å². The van der Waals surface area contributed by atoms with E-state index in [2.05, 4.69) is 25.5 Å². The molecule has 3 heterocycles. The second-order valence-corrected chi connectivity index (χ2v) is 7.70. The van der Waals surface area contributed by atoms with Crippen LogP contribution in [0.5, 0.6) is 0 Å². The van der Waals surface area contributed by atoms with E-state index >= 15 is 0 Å². The van der Waals surface area contributed by atoms with Gasteiger partial charge in [0.05, 0.1) is 12.9 Å². The first kappa shape index (κ1) is 20.5. The lowest BCUT2D eigenvalue weighted by atomic mass is 10.1. The number of carbonyl (C=O) groups is 1. The highest BCUT2D eigenvalue weighted by molar-refractivity contribution is 7.54. The second-order valence-electron chi connectivity index (χ2n) is 5.85. The zero-order valence-corrected chi connectivity index (χ0v) is 15.0. The Morgan fingerprint density at radius 2 is 2.11 bits per heavy atom. The van der Waals surface area contributed by atoms with Crippen LogP contribution in [0.25, 0.3) is 11.2 Å². The molecule has 28 heavy (non-hydrogen) atoms. The van der Waals surface area contributed by atoms with Crippen LogP contribution in [0.4, 0.5) is 5.82 Å². The Hall–Kier alpha value is -2.23. The summed E-state index contributed by atoms with van der Waals surface area (Å²) in [7, 11) is -4.71. The van der Waals surface area contributed by atoms with Gasteiger partial charge in [-0.2, -0.15) is 0 Å². The van der Waals surface area contributed by atoms with Gasteiger partial charge in [0.1, 0.15) is 30.2 Å². The van der Waals surface area contributed by atoms with Crippen molar-refractivity contribution in [1.29, 1.82) is 0 Å². The maximum atomic E-state index is 11.7. The van der Waals surface area contributed by atoms with Crippen LogP contribution in [0.1, 0.15) is 6.23 Å². The molecule has 16 heteroatoms. The van der Waals surface area contributed by atoms with E-state index in [4.69, 9.17) is 20.3 Å². The number of aromatic nitrogens is 4. The number of carboxylic acids is 1. The predicted octanol–water partition coefficient (Wildman–Crippen LogP) is -3.19. The van der Waals surface area contributed by atoms with E-state index in [1.54, 1.807) is 0 Å². The van der Waals surface area contributed by atoms with Crippen LogP contribution in [0.3, 0.4) is 0 Å². The van der Waals surface area contributed by atoms with Crippen LogP contribution >= 0.6 is 7.60 Å². The fourth-order valence-corrected chi connectivity index (χ4v) is 3.40. The van der Waals surface area contributed by atoms with Crippen molar-refractivity contribution in [2.45, 2.75) is 30.4 Å². The van der Waals surface area contributed by atoms with Crippen molar-refractivity contribution in [3.05, 3.63) is 12.7 Å². The van der Waals surface area contributed by atoms with E-state index in [1.165, 1.54) is 17.2 Å². The number of nitrogens with two attached hydrogens (primary N) is 1. The van der Waals surface area contributed by atoms with E-state index in [0.29, 0.717) is 0 Å². The fourth-order valence-electron chi connectivity index (χ4n) is 2.71. The van der Waals surface area contributed by atoms with Gasteiger partial charge in [-0.3, -0.25) is 9.13 Å². The zero-order chi connectivity index (χ0) is 20.6. The van der Waals surface area contributed by atoms with Gasteiger partial charge in [-0.15, -0.1) is 4.62 Å². The summed E-state index contributed by atoms with van der Waals surface area (Å²) in [4.78, 5) is 32.4. The van der Waals surface area contributed by atoms with Gasteiger partial charge in [0.25, 0.3) is 5.85 Å². The van der Waals surface area contributed by atoms with Gasteiger partial charge in [0.2, 0.25) is 0 Å². The summed E-state index contributed by atoms with van der Waals surface area (Å²) < 4.78 is 27.4. The molecule has 0 aliphatic carbocycles. The summed E-state index contributed by atoms with van der Waals surface area (Å²) in [6, 6.07) is 0. The number of anilines is 1. The molecule has 1 aliphatic heterocycles. The van der Waals surface area contributed by atoms with Crippen molar-refractivity contribution in [2.24, 2.45) is 0 Å². The van der Waals surface area contributed by atoms with Crippen molar-refractivity contribution in [2.75, 3.05) is 12.3 Å². The van der Waals surface area contributed by atoms with Gasteiger partial charge in [0.15, 0.2) is 17.7 Å². The average Bonchev–Trinajstić information content (AvgIpc) is 3.18. The van der Waals surface area contributed by atoms with Crippen LogP contribution in [-0.4, -0.2) is 76.5 Å². The molecular formula is C12H18N6O9P+. The summed E-state index contributed by atoms with van der Waals surface area (Å²) >= 11 is 0. The number of quaternary nitrogens is 1. The lowest BCUT2D eigenvalue weighted by Crippen LogP contribution is -2.49. The third-order valence-corrected chi connectivity index (χ3v) is 5.44. The molecule has 1 saturated heterocycles. The fraction of sp³-hybridized carbons (Fsp3) is 0.500. The number of aliphatic hydroxyl groups excluding tert-OH is 2. The molecule has 2 aromatic rings.